The zero-order valence-electron chi connectivity index (χ0n) is 14.3. The maximum Gasteiger partial charge on any atom is 0.232 e. The molecule has 5 heteroatoms. The Bertz CT molecular complexity index is 722. The quantitative estimate of drug-likeness (QED) is 0.948. The number of rotatable bonds is 3. The van der Waals surface area contributed by atoms with Crippen LogP contribution in [0.25, 0.3) is 11.3 Å². The third-order valence-electron chi connectivity index (χ3n) is 4.78. The van der Waals surface area contributed by atoms with Gasteiger partial charge in [0.2, 0.25) is 5.91 Å². The molecule has 1 aliphatic rings. The number of anilines is 1. The summed E-state index contributed by atoms with van der Waals surface area (Å²) in [6.07, 6.45) is 0.887. The maximum atomic E-state index is 12.8. The Kier molecular flexibility index (Phi) is 3.98. The molecule has 1 amide bonds. The molecule has 5 nitrogen and oxygen atoms in total. The van der Waals surface area contributed by atoms with Crippen LogP contribution >= 0.6 is 0 Å². The van der Waals surface area contributed by atoms with E-state index in [1.165, 1.54) is 0 Å². The summed E-state index contributed by atoms with van der Waals surface area (Å²) in [6.45, 7) is 5.80. The van der Waals surface area contributed by atoms with Crippen molar-refractivity contribution in [2.24, 2.45) is 12.5 Å². The summed E-state index contributed by atoms with van der Waals surface area (Å²) in [6, 6.07) is 10.1. The lowest BCUT2D eigenvalue weighted by Crippen LogP contribution is -2.36. The molecule has 1 N–H and O–H groups in total. The van der Waals surface area contributed by atoms with Gasteiger partial charge in [-0.3, -0.25) is 9.48 Å². The number of aryl methyl sites for hydroxylation is 1. The standard InChI is InChI=1S/C18H24N4O/c1-13-15(14-8-6-5-7-9-14)20-22(4)16(13)19-17(23)18(2)10-11-21(3)12-18/h5-9H,10-12H2,1-4H3,(H,19,23). The average Bonchev–Trinajstić information content (AvgIpc) is 3.03. The first kappa shape index (κ1) is 15.7. The van der Waals surface area contributed by atoms with Gasteiger partial charge in [0.1, 0.15) is 5.82 Å². The number of benzene rings is 1. The molecule has 1 unspecified atom stereocenters. The van der Waals surface area contributed by atoms with E-state index in [0.29, 0.717) is 0 Å². The first-order chi connectivity index (χ1) is 10.9. The number of nitrogens with zero attached hydrogens (tertiary/aromatic N) is 3. The van der Waals surface area contributed by atoms with Crippen molar-refractivity contribution < 1.29 is 4.79 Å². The molecular formula is C18H24N4O. The van der Waals surface area contributed by atoms with Crippen molar-refractivity contribution in [3.8, 4) is 11.3 Å². The van der Waals surface area contributed by atoms with Crippen LogP contribution in [-0.2, 0) is 11.8 Å². The van der Waals surface area contributed by atoms with Crippen LogP contribution in [0.2, 0.25) is 0 Å². The molecule has 1 aliphatic heterocycles. The van der Waals surface area contributed by atoms with Crippen molar-refractivity contribution in [2.45, 2.75) is 20.3 Å². The highest BCUT2D eigenvalue weighted by Gasteiger charge is 2.39. The highest BCUT2D eigenvalue weighted by atomic mass is 16.2. The van der Waals surface area contributed by atoms with E-state index in [1.54, 1.807) is 4.68 Å². The van der Waals surface area contributed by atoms with Gasteiger partial charge in [0.25, 0.3) is 0 Å². The van der Waals surface area contributed by atoms with Crippen LogP contribution < -0.4 is 5.32 Å². The largest absolute Gasteiger partial charge is 0.310 e. The van der Waals surface area contributed by atoms with E-state index < -0.39 is 0 Å². The van der Waals surface area contributed by atoms with Crippen molar-refractivity contribution in [3.05, 3.63) is 35.9 Å². The first-order valence-corrected chi connectivity index (χ1v) is 8.00. The van der Waals surface area contributed by atoms with Crippen molar-refractivity contribution in [1.82, 2.24) is 14.7 Å². The number of nitrogens with one attached hydrogen (secondary N) is 1. The lowest BCUT2D eigenvalue weighted by atomic mass is 9.88. The summed E-state index contributed by atoms with van der Waals surface area (Å²) in [4.78, 5) is 15.0. The molecule has 0 spiro atoms. The molecule has 2 aromatic rings. The molecule has 0 bridgehead atoms. The molecule has 1 fully saturated rings. The Hall–Kier alpha value is -2.14. The van der Waals surface area contributed by atoms with E-state index in [1.807, 2.05) is 51.2 Å². The van der Waals surface area contributed by atoms with Gasteiger partial charge in [0, 0.05) is 24.7 Å². The second-order valence-electron chi connectivity index (χ2n) is 6.81. The van der Waals surface area contributed by atoms with Crippen LogP contribution in [0.3, 0.4) is 0 Å². The number of hydrogen-bond donors (Lipinski definition) is 1. The second-order valence-corrected chi connectivity index (χ2v) is 6.81. The highest BCUT2D eigenvalue weighted by molar-refractivity contribution is 5.96. The summed E-state index contributed by atoms with van der Waals surface area (Å²) in [5.74, 6) is 0.859. The molecule has 1 aromatic heterocycles. The monoisotopic (exact) mass is 312 g/mol. The molecule has 3 rings (SSSR count). The Morgan fingerprint density at radius 2 is 1.96 bits per heavy atom. The minimum atomic E-state index is -0.335. The lowest BCUT2D eigenvalue weighted by molar-refractivity contribution is -0.124. The molecule has 23 heavy (non-hydrogen) atoms. The van der Waals surface area contributed by atoms with Crippen molar-refractivity contribution >= 4 is 11.7 Å². The predicted octanol–water partition coefficient (Wildman–Crippen LogP) is 2.68. The van der Waals surface area contributed by atoms with E-state index in [0.717, 1.165) is 42.1 Å². The van der Waals surface area contributed by atoms with Gasteiger partial charge < -0.3 is 10.2 Å². The van der Waals surface area contributed by atoms with Gasteiger partial charge in [-0.1, -0.05) is 30.3 Å². The highest BCUT2D eigenvalue weighted by Crippen LogP contribution is 2.32. The van der Waals surface area contributed by atoms with E-state index in [2.05, 4.69) is 22.4 Å². The first-order valence-electron chi connectivity index (χ1n) is 8.00. The zero-order chi connectivity index (χ0) is 16.6. The molecule has 0 saturated carbocycles. The van der Waals surface area contributed by atoms with Gasteiger partial charge in [-0.2, -0.15) is 5.10 Å². The minimum absolute atomic E-state index is 0.0764. The van der Waals surface area contributed by atoms with Crippen LogP contribution in [0.4, 0.5) is 5.82 Å². The molecule has 1 atom stereocenters. The van der Waals surface area contributed by atoms with E-state index in [-0.39, 0.29) is 11.3 Å². The summed E-state index contributed by atoms with van der Waals surface area (Å²) in [5, 5.41) is 7.70. The second kappa shape index (κ2) is 5.81. The van der Waals surface area contributed by atoms with E-state index in [4.69, 9.17) is 0 Å². The number of likely N-dealkylation sites (tertiary alicyclic amines) is 1. The van der Waals surface area contributed by atoms with Gasteiger partial charge in [-0.25, -0.2) is 0 Å². The fraction of sp³-hybridized carbons (Fsp3) is 0.444. The fourth-order valence-electron chi connectivity index (χ4n) is 3.31. The Balaban J connectivity index is 1.87. The topological polar surface area (TPSA) is 50.2 Å². The van der Waals surface area contributed by atoms with Gasteiger partial charge in [-0.15, -0.1) is 0 Å². The number of aromatic nitrogens is 2. The van der Waals surface area contributed by atoms with Crippen LogP contribution in [0.1, 0.15) is 18.9 Å². The predicted molar refractivity (Wildman–Crippen MR) is 92.2 cm³/mol. The Labute approximate surface area is 137 Å². The Morgan fingerprint density at radius 3 is 2.57 bits per heavy atom. The lowest BCUT2D eigenvalue weighted by Gasteiger charge is -2.22. The van der Waals surface area contributed by atoms with Crippen molar-refractivity contribution in [1.29, 1.82) is 0 Å². The summed E-state index contributed by atoms with van der Waals surface area (Å²) in [5.41, 5.74) is 2.64. The third kappa shape index (κ3) is 2.88. The molecule has 2 heterocycles. The normalized spacial score (nSPS) is 21.6. The van der Waals surface area contributed by atoms with Crippen molar-refractivity contribution in [3.63, 3.8) is 0 Å². The fourth-order valence-corrected chi connectivity index (χ4v) is 3.31. The third-order valence-corrected chi connectivity index (χ3v) is 4.78. The van der Waals surface area contributed by atoms with Crippen LogP contribution in [0.5, 0.6) is 0 Å². The maximum absolute atomic E-state index is 12.8. The van der Waals surface area contributed by atoms with Gasteiger partial charge in [0.15, 0.2) is 0 Å². The molecule has 0 radical (unpaired) electrons. The Morgan fingerprint density at radius 1 is 1.26 bits per heavy atom. The smallest absolute Gasteiger partial charge is 0.232 e. The van der Waals surface area contributed by atoms with Crippen molar-refractivity contribution in [2.75, 3.05) is 25.5 Å². The molecule has 1 saturated heterocycles. The number of carbonyl (C=O) groups excluding carboxylic acids is 1. The molecule has 0 aliphatic carbocycles. The number of carbonyl (C=O) groups is 1. The minimum Gasteiger partial charge on any atom is -0.310 e. The molecular weight excluding hydrogens is 288 g/mol. The average molecular weight is 312 g/mol. The van der Waals surface area contributed by atoms with Gasteiger partial charge in [-0.05, 0) is 33.9 Å². The van der Waals surface area contributed by atoms with Gasteiger partial charge >= 0.3 is 0 Å². The van der Waals surface area contributed by atoms with Crippen LogP contribution in [-0.4, -0.2) is 40.7 Å². The van der Waals surface area contributed by atoms with Crippen LogP contribution in [0.15, 0.2) is 30.3 Å². The summed E-state index contributed by atoms with van der Waals surface area (Å²) < 4.78 is 1.76. The zero-order valence-corrected chi connectivity index (χ0v) is 14.3. The summed E-state index contributed by atoms with van der Waals surface area (Å²) >= 11 is 0. The van der Waals surface area contributed by atoms with E-state index in [9.17, 15) is 4.79 Å². The molecule has 1 aromatic carbocycles. The summed E-state index contributed by atoms with van der Waals surface area (Å²) in [7, 11) is 3.93. The van der Waals surface area contributed by atoms with Gasteiger partial charge in [0.05, 0.1) is 11.1 Å². The van der Waals surface area contributed by atoms with E-state index >= 15 is 0 Å². The SMILES string of the molecule is Cc1c(-c2ccccc2)nn(C)c1NC(=O)C1(C)CCN(C)C1. The number of hydrogen-bond acceptors (Lipinski definition) is 3. The van der Waals surface area contributed by atoms with Crippen LogP contribution in [0, 0.1) is 12.3 Å². The molecule has 122 valence electrons. The number of amides is 1.